The van der Waals surface area contributed by atoms with Crippen molar-refractivity contribution in [3.05, 3.63) is 76.7 Å². The molecule has 1 aromatic heterocycles. The third-order valence-electron chi connectivity index (χ3n) is 9.83. The molecule has 0 unspecified atom stereocenters. The Labute approximate surface area is 302 Å². The number of benzene rings is 2. The number of aromatic nitrogens is 1. The molecule has 0 radical (unpaired) electrons. The van der Waals surface area contributed by atoms with Crippen LogP contribution in [0.1, 0.15) is 77.4 Å². The Balaban J connectivity index is 2.10. The summed E-state index contributed by atoms with van der Waals surface area (Å²) in [6.45, 7) is 18.3. The minimum atomic E-state index is -2.55. The van der Waals surface area contributed by atoms with Gasteiger partial charge in [0.05, 0.1) is 47.4 Å². The van der Waals surface area contributed by atoms with Gasteiger partial charge in [-0.1, -0.05) is 90.9 Å². The third kappa shape index (κ3) is 11.3. The lowest BCUT2D eigenvalue weighted by atomic mass is 9.77. The second-order valence-electron chi connectivity index (χ2n) is 15.7. The highest BCUT2D eigenvalue weighted by molar-refractivity contribution is 7.15. The van der Waals surface area contributed by atoms with Gasteiger partial charge in [-0.3, -0.25) is 14.4 Å². The van der Waals surface area contributed by atoms with Crippen molar-refractivity contribution in [2.24, 2.45) is 17.3 Å². The molecule has 1 amide bonds. The van der Waals surface area contributed by atoms with Gasteiger partial charge in [-0.2, -0.15) is 0 Å². The largest absolute Gasteiger partial charge is 0.481 e. The molecular weight excluding hydrogens is 672 g/mol. The fraction of sp³-hybridized carbons (Fsp3) is 0.538. The van der Waals surface area contributed by atoms with Crippen LogP contribution < -0.4 is 5.32 Å². The van der Waals surface area contributed by atoms with Crippen molar-refractivity contribution in [3.63, 3.8) is 0 Å². The van der Waals surface area contributed by atoms with E-state index in [4.69, 9.17) is 9.16 Å². The Morgan fingerprint density at radius 3 is 2.16 bits per heavy atom. The summed E-state index contributed by atoms with van der Waals surface area (Å²) in [6, 6.07) is 13.6. The summed E-state index contributed by atoms with van der Waals surface area (Å²) in [5.41, 5.74) is 1.68. The van der Waals surface area contributed by atoms with E-state index < -0.39 is 55.5 Å². The van der Waals surface area contributed by atoms with E-state index in [2.05, 4.69) is 51.1 Å². The zero-order valence-electron chi connectivity index (χ0n) is 31.3. The Morgan fingerprint density at radius 2 is 1.64 bits per heavy atom. The van der Waals surface area contributed by atoms with Crippen molar-refractivity contribution >= 4 is 37.5 Å². The van der Waals surface area contributed by atoms with E-state index in [1.54, 1.807) is 29.5 Å². The van der Waals surface area contributed by atoms with Gasteiger partial charge in [-0.15, -0.1) is 11.3 Å². The predicted molar refractivity (Wildman–Crippen MR) is 200 cm³/mol. The van der Waals surface area contributed by atoms with Crippen molar-refractivity contribution < 1.29 is 33.0 Å². The van der Waals surface area contributed by atoms with Crippen LogP contribution in [0.5, 0.6) is 0 Å². The van der Waals surface area contributed by atoms with Gasteiger partial charge < -0.3 is 19.6 Å². The number of carbonyl (C=O) groups excluding carboxylic acids is 2. The maximum Gasteiger partial charge on any atom is 0.306 e. The van der Waals surface area contributed by atoms with Crippen LogP contribution in [0, 0.1) is 23.1 Å². The van der Waals surface area contributed by atoms with Gasteiger partial charge in [-0.25, -0.2) is 9.37 Å². The highest BCUT2D eigenvalue weighted by Crippen LogP contribution is 2.39. The molecule has 0 bridgehead atoms. The number of carboxylic acid groups (broad SMARTS) is 1. The number of ether oxygens (including phenoxy) is 1. The number of esters is 1. The first-order valence-electron chi connectivity index (χ1n) is 17.3. The molecule has 2 N–H and O–H groups in total. The van der Waals surface area contributed by atoms with Crippen LogP contribution in [0.4, 0.5) is 4.39 Å². The summed E-state index contributed by atoms with van der Waals surface area (Å²) in [4.78, 5) is 45.0. The number of carbonyl (C=O) groups is 3. The van der Waals surface area contributed by atoms with Gasteiger partial charge >= 0.3 is 11.9 Å². The van der Waals surface area contributed by atoms with Gasteiger partial charge in [0.2, 0.25) is 5.91 Å². The SMILES string of the molecule is CCc1ncc(-c2ccc(C[C@H](NC(=O)[C@@H](CC(=O)OC)C(C)(C)C)[C@H](C[C@@H](Cc3ccccc3F)C(=O)O)O[Si](C)(C)C(C)(C)C)cc2)s1. The van der Waals surface area contributed by atoms with E-state index in [0.717, 1.165) is 27.4 Å². The molecule has 0 fully saturated rings. The fourth-order valence-corrected chi connectivity index (χ4v) is 7.83. The number of halogens is 1. The minimum absolute atomic E-state index is 0.0315. The average Bonchev–Trinajstić information content (AvgIpc) is 3.52. The summed E-state index contributed by atoms with van der Waals surface area (Å²) in [5.74, 6) is -4.08. The molecule has 0 aliphatic carbocycles. The topological polar surface area (TPSA) is 115 Å². The van der Waals surface area contributed by atoms with E-state index in [-0.39, 0.29) is 30.2 Å². The zero-order chi connectivity index (χ0) is 37.4. The number of hydrogen-bond acceptors (Lipinski definition) is 7. The molecule has 2 aromatic carbocycles. The van der Waals surface area contributed by atoms with E-state index in [1.165, 1.54) is 13.2 Å². The van der Waals surface area contributed by atoms with Crippen molar-refractivity contribution in [1.29, 1.82) is 0 Å². The maximum atomic E-state index is 14.8. The molecule has 0 spiro atoms. The third-order valence-corrected chi connectivity index (χ3v) is 15.5. The molecule has 0 saturated carbocycles. The number of carboxylic acids is 1. The number of nitrogens with zero attached hydrogens (tertiary/aromatic N) is 1. The standard InChI is InChI=1S/C39H55FN2O6SSi/c1-11-34-41-24-33(49-34)26-18-16-25(17-19-26)20-31(42-36(44)29(38(2,3)4)23-35(43)47-8)32(48-50(9,10)39(5,6)7)22-28(37(45)46)21-27-14-12-13-15-30(27)40/h12-19,24,28-29,31-32H,11,20-23H2,1-10H3,(H,42,44)(H,45,46)/t28-,29-,31+,32+/m1/s1. The number of rotatable bonds is 16. The Morgan fingerprint density at radius 1 is 1.00 bits per heavy atom. The molecule has 0 aliphatic heterocycles. The van der Waals surface area contributed by atoms with Crippen molar-refractivity contribution in [1.82, 2.24) is 10.3 Å². The number of amides is 1. The Kier molecular flexibility index (Phi) is 14.1. The van der Waals surface area contributed by atoms with Crippen LogP contribution >= 0.6 is 11.3 Å². The monoisotopic (exact) mass is 726 g/mol. The second kappa shape index (κ2) is 17.2. The second-order valence-corrected chi connectivity index (χ2v) is 21.5. The molecule has 0 saturated heterocycles. The van der Waals surface area contributed by atoms with Gasteiger partial charge in [-0.05, 0) is 72.0 Å². The number of methoxy groups -OCH3 is 1. The van der Waals surface area contributed by atoms with Crippen LogP contribution in [0.3, 0.4) is 0 Å². The van der Waals surface area contributed by atoms with Gasteiger partial charge in [0.25, 0.3) is 0 Å². The minimum Gasteiger partial charge on any atom is -0.481 e. The highest BCUT2D eigenvalue weighted by atomic mass is 32.1. The molecule has 0 aliphatic rings. The number of nitrogens with one attached hydrogen (secondary N) is 1. The number of thiazole rings is 1. The van der Waals surface area contributed by atoms with Crippen LogP contribution in [0.2, 0.25) is 18.1 Å². The first-order valence-corrected chi connectivity index (χ1v) is 21.0. The first-order chi connectivity index (χ1) is 23.2. The number of aliphatic carboxylic acids is 1. The highest BCUT2D eigenvalue weighted by Gasteiger charge is 2.43. The maximum absolute atomic E-state index is 14.8. The number of aryl methyl sites for hydroxylation is 1. The van der Waals surface area contributed by atoms with Crippen LogP contribution in [0.15, 0.2) is 54.7 Å². The smallest absolute Gasteiger partial charge is 0.306 e. The lowest BCUT2D eigenvalue weighted by Crippen LogP contribution is -2.55. The fourth-order valence-electron chi connectivity index (χ4n) is 5.60. The Bertz CT molecular complexity index is 1590. The number of hydrogen-bond donors (Lipinski definition) is 2. The summed E-state index contributed by atoms with van der Waals surface area (Å²) < 4.78 is 26.8. The van der Waals surface area contributed by atoms with E-state index >= 15 is 0 Å². The van der Waals surface area contributed by atoms with Crippen LogP contribution in [0.25, 0.3) is 10.4 Å². The summed E-state index contributed by atoms with van der Waals surface area (Å²) in [6.07, 6.45) is 2.24. The lowest BCUT2D eigenvalue weighted by molar-refractivity contribution is -0.147. The molecular formula is C39H55FN2O6SSi. The quantitative estimate of drug-likeness (QED) is 0.112. The summed E-state index contributed by atoms with van der Waals surface area (Å²) in [5, 5.41) is 14.5. The molecule has 8 nitrogen and oxygen atoms in total. The molecule has 50 heavy (non-hydrogen) atoms. The van der Waals surface area contributed by atoms with Gasteiger partial charge in [0.1, 0.15) is 5.82 Å². The van der Waals surface area contributed by atoms with Crippen LogP contribution in [-0.2, 0) is 42.8 Å². The normalized spacial score (nSPS) is 14.8. The van der Waals surface area contributed by atoms with Crippen molar-refractivity contribution in [2.75, 3.05) is 7.11 Å². The molecule has 274 valence electrons. The molecule has 11 heteroatoms. The molecule has 3 rings (SSSR count). The molecule has 3 aromatic rings. The van der Waals surface area contributed by atoms with Gasteiger partial charge in [0.15, 0.2) is 8.32 Å². The molecule has 1 heterocycles. The van der Waals surface area contributed by atoms with E-state index in [0.29, 0.717) is 12.0 Å². The summed E-state index contributed by atoms with van der Waals surface area (Å²) in [7, 11) is -1.25. The predicted octanol–water partition coefficient (Wildman–Crippen LogP) is 8.49. The van der Waals surface area contributed by atoms with Crippen molar-refractivity contribution in [3.8, 4) is 10.4 Å². The van der Waals surface area contributed by atoms with E-state index in [1.807, 2.05) is 51.2 Å². The molecule has 4 atom stereocenters. The lowest BCUT2D eigenvalue weighted by Gasteiger charge is -2.43. The van der Waals surface area contributed by atoms with E-state index in [9.17, 15) is 23.9 Å². The van der Waals surface area contributed by atoms with Gasteiger partial charge in [0, 0.05) is 6.20 Å². The van der Waals surface area contributed by atoms with Crippen LogP contribution in [-0.4, -0.2) is 55.5 Å². The average molecular weight is 727 g/mol. The van der Waals surface area contributed by atoms with Crippen molar-refractivity contribution in [2.45, 2.75) is 111 Å². The zero-order valence-corrected chi connectivity index (χ0v) is 33.1. The first kappa shape index (κ1) is 41.0. The Hall–Kier alpha value is -3.41. The summed E-state index contributed by atoms with van der Waals surface area (Å²) >= 11 is 1.65.